The van der Waals surface area contributed by atoms with Crippen LogP contribution in [0.4, 0.5) is 0 Å². The van der Waals surface area contributed by atoms with Crippen molar-refractivity contribution < 1.29 is 9.90 Å². The predicted molar refractivity (Wildman–Crippen MR) is 112 cm³/mol. The van der Waals surface area contributed by atoms with Gasteiger partial charge in [-0.05, 0) is 40.1 Å². The lowest BCUT2D eigenvalue weighted by atomic mass is 9.99. The van der Waals surface area contributed by atoms with Gasteiger partial charge in [-0.15, -0.1) is 11.3 Å². The first-order chi connectivity index (χ1) is 13.1. The highest BCUT2D eigenvalue weighted by molar-refractivity contribution is 7.19. The topological polar surface area (TPSA) is 75.3 Å². The van der Waals surface area contributed by atoms with Crippen molar-refractivity contribution in [3.63, 3.8) is 0 Å². The molecule has 0 aliphatic rings. The monoisotopic (exact) mass is 376 g/mol. The molecular weight excluding hydrogens is 356 g/mol. The second-order valence-electron chi connectivity index (χ2n) is 6.57. The Hall–Kier alpha value is -2.73. The number of carboxylic acid groups (broad SMARTS) is 1. The molecule has 0 fully saturated rings. The summed E-state index contributed by atoms with van der Waals surface area (Å²) in [5, 5.41) is 15.7. The average Bonchev–Trinajstić information content (AvgIpc) is 3.10. The molecule has 4 rings (SSSR count). The first-order valence-corrected chi connectivity index (χ1v) is 9.63. The highest BCUT2D eigenvalue weighted by Gasteiger charge is 2.12. The normalized spacial score (nSPS) is 12.5. The van der Waals surface area contributed by atoms with E-state index < -0.39 is 12.0 Å². The van der Waals surface area contributed by atoms with Crippen LogP contribution in [0, 0.1) is 0 Å². The number of hydrogen-bond acceptors (Lipinski definition) is 4. The molecule has 0 saturated heterocycles. The quantitative estimate of drug-likeness (QED) is 0.471. The van der Waals surface area contributed by atoms with Gasteiger partial charge in [0.1, 0.15) is 6.04 Å². The van der Waals surface area contributed by atoms with Gasteiger partial charge in [-0.3, -0.25) is 4.79 Å². The van der Waals surface area contributed by atoms with Crippen LogP contribution in [-0.4, -0.2) is 23.7 Å². The zero-order valence-corrected chi connectivity index (χ0v) is 15.5. The molecule has 0 amide bonds. The van der Waals surface area contributed by atoms with E-state index in [0.29, 0.717) is 6.54 Å². The van der Waals surface area contributed by atoms with E-state index in [2.05, 4.69) is 72.0 Å². The van der Waals surface area contributed by atoms with E-state index in [9.17, 15) is 4.79 Å². The summed E-state index contributed by atoms with van der Waals surface area (Å²) in [4.78, 5) is 12.0. The van der Waals surface area contributed by atoms with Crippen LogP contribution in [-0.2, 0) is 11.3 Å². The molecule has 27 heavy (non-hydrogen) atoms. The van der Waals surface area contributed by atoms with Crippen LogP contribution < -0.4 is 11.1 Å². The van der Waals surface area contributed by atoms with E-state index in [0.717, 1.165) is 4.88 Å². The van der Waals surface area contributed by atoms with E-state index in [1.54, 1.807) is 11.3 Å². The summed E-state index contributed by atoms with van der Waals surface area (Å²) in [7, 11) is 0. The zero-order valence-electron chi connectivity index (χ0n) is 14.7. The van der Waals surface area contributed by atoms with Gasteiger partial charge in [0.25, 0.3) is 0 Å². The maximum absolute atomic E-state index is 10.8. The van der Waals surface area contributed by atoms with Crippen molar-refractivity contribution in [1.82, 2.24) is 5.32 Å². The number of benzene rings is 3. The molecule has 4 nitrogen and oxygen atoms in total. The van der Waals surface area contributed by atoms with Crippen LogP contribution in [0.5, 0.6) is 0 Å². The minimum atomic E-state index is -0.988. The Kier molecular flexibility index (Phi) is 4.90. The second kappa shape index (κ2) is 7.48. The third-order valence-electron chi connectivity index (χ3n) is 4.65. The Morgan fingerprint density at radius 3 is 2.67 bits per heavy atom. The number of aliphatic carboxylic acids is 1. The predicted octanol–water partition coefficient (Wildman–Crippen LogP) is 4.22. The van der Waals surface area contributed by atoms with Crippen molar-refractivity contribution in [3.05, 3.63) is 71.6 Å². The number of fused-ring (bicyclic) bond motifs is 2. The third kappa shape index (κ3) is 3.71. The minimum absolute atomic E-state index is 0.251. The molecule has 1 atom stereocenters. The van der Waals surface area contributed by atoms with Crippen molar-refractivity contribution >= 4 is 38.2 Å². The summed E-state index contributed by atoms with van der Waals surface area (Å²) in [5.74, 6) is -0.988. The molecule has 0 spiro atoms. The van der Waals surface area contributed by atoms with Gasteiger partial charge in [0.15, 0.2) is 0 Å². The fourth-order valence-corrected chi connectivity index (χ4v) is 4.31. The second-order valence-corrected chi connectivity index (χ2v) is 7.74. The number of rotatable bonds is 6. The summed E-state index contributed by atoms with van der Waals surface area (Å²) in [5.41, 5.74) is 7.95. The van der Waals surface area contributed by atoms with Crippen molar-refractivity contribution in [3.8, 4) is 11.1 Å². The number of hydrogen-bond donors (Lipinski definition) is 3. The smallest absolute Gasteiger partial charge is 0.321 e. The van der Waals surface area contributed by atoms with Crippen molar-refractivity contribution in [1.29, 1.82) is 0 Å². The van der Waals surface area contributed by atoms with Crippen LogP contribution in [0.15, 0.2) is 66.7 Å². The molecule has 0 aliphatic carbocycles. The fraction of sp³-hybridized carbons (Fsp3) is 0.136. The van der Waals surface area contributed by atoms with Gasteiger partial charge in [0, 0.05) is 28.1 Å². The van der Waals surface area contributed by atoms with Gasteiger partial charge >= 0.3 is 5.97 Å². The minimum Gasteiger partial charge on any atom is -0.480 e. The Balaban J connectivity index is 1.63. The molecule has 0 bridgehead atoms. The number of thiophene rings is 1. The van der Waals surface area contributed by atoms with E-state index in [1.165, 1.54) is 32.0 Å². The van der Waals surface area contributed by atoms with E-state index in [1.807, 2.05) is 0 Å². The summed E-state index contributed by atoms with van der Waals surface area (Å²) >= 11 is 1.72. The maximum atomic E-state index is 10.8. The van der Waals surface area contributed by atoms with Crippen molar-refractivity contribution in [2.24, 2.45) is 5.73 Å². The number of nitrogens with two attached hydrogens (primary N) is 1. The van der Waals surface area contributed by atoms with Crippen LogP contribution >= 0.6 is 11.3 Å². The van der Waals surface area contributed by atoms with Gasteiger partial charge < -0.3 is 16.2 Å². The molecule has 4 N–H and O–H groups in total. The number of carbonyl (C=O) groups is 1. The maximum Gasteiger partial charge on any atom is 0.321 e. The third-order valence-corrected chi connectivity index (χ3v) is 5.75. The molecule has 136 valence electrons. The molecule has 0 aliphatic heterocycles. The summed E-state index contributed by atoms with van der Waals surface area (Å²) < 4.78 is 1.22. The lowest BCUT2D eigenvalue weighted by Crippen LogP contribution is -2.39. The zero-order chi connectivity index (χ0) is 18.8. The van der Waals surface area contributed by atoms with Crippen LogP contribution in [0.3, 0.4) is 0 Å². The Morgan fingerprint density at radius 1 is 1.04 bits per heavy atom. The molecule has 1 unspecified atom stereocenters. The van der Waals surface area contributed by atoms with Crippen molar-refractivity contribution in [2.45, 2.75) is 12.6 Å². The Morgan fingerprint density at radius 2 is 1.85 bits per heavy atom. The molecular formula is C22H20N2O2S. The van der Waals surface area contributed by atoms with E-state index >= 15 is 0 Å². The van der Waals surface area contributed by atoms with Crippen molar-refractivity contribution in [2.75, 3.05) is 6.54 Å². The van der Waals surface area contributed by atoms with Crippen LogP contribution in [0.25, 0.3) is 32.0 Å². The van der Waals surface area contributed by atoms with Gasteiger partial charge in [-0.2, -0.15) is 0 Å². The summed E-state index contributed by atoms with van der Waals surface area (Å²) in [6.45, 7) is 0.860. The fourth-order valence-electron chi connectivity index (χ4n) is 3.25. The highest BCUT2D eigenvalue weighted by atomic mass is 32.1. The summed E-state index contributed by atoms with van der Waals surface area (Å²) in [6.07, 6.45) is 0. The Bertz CT molecular complexity index is 1120. The van der Waals surface area contributed by atoms with Crippen LogP contribution in [0.1, 0.15) is 4.88 Å². The average molecular weight is 376 g/mol. The molecule has 1 aromatic heterocycles. The first-order valence-electron chi connectivity index (χ1n) is 8.81. The number of carboxylic acids is 1. The standard InChI is InChI=1S/C22H20N2O2S/c23-20(22(25)26)13-24-12-17-11-19-18(6-3-7-21(19)27-17)16-9-8-14-4-1-2-5-15(14)10-16/h1-11,20,24H,12-13,23H2,(H,25,26). The molecule has 3 aromatic carbocycles. The molecule has 5 heteroatoms. The van der Waals surface area contributed by atoms with Crippen LogP contribution in [0.2, 0.25) is 0 Å². The van der Waals surface area contributed by atoms with E-state index in [4.69, 9.17) is 10.8 Å². The van der Waals surface area contributed by atoms with Gasteiger partial charge in [-0.1, -0.05) is 48.5 Å². The lowest BCUT2D eigenvalue weighted by Gasteiger charge is -2.06. The molecule has 1 heterocycles. The molecule has 4 aromatic rings. The van der Waals surface area contributed by atoms with E-state index in [-0.39, 0.29) is 6.54 Å². The Labute approximate surface area is 161 Å². The van der Waals surface area contributed by atoms with Gasteiger partial charge in [0.05, 0.1) is 0 Å². The summed E-state index contributed by atoms with van der Waals surface area (Å²) in [6, 6.07) is 22.6. The largest absolute Gasteiger partial charge is 0.480 e. The van der Waals surface area contributed by atoms with Gasteiger partial charge in [0.2, 0.25) is 0 Å². The molecule has 0 saturated carbocycles. The first kappa shape index (κ1) is 17.7. The SMILES string of the molecule is NC(CNCc1cc2c(-c3ccc4ccccc4c3)cccc2s1)C(=O)O. The molecule has 0 radical (unpaired) electrons. The lowest BCUT2D eigenvalue weighted by molar-refractivity contribution is -0.138. The van der Waals surface area contributed by atoms with Gasteiger partial charge in [-0.25, -0.2) is 0 Å². The highest BCUT2D eigenvalue weighted by Crippen LogP contribution is 2.35. The number of nitrogens with one attached hydrogen (secondary N) is 1.